The molecule has 1 fully saturated rings. The second-order valence-electron chi connectivity index (χ2n) is 3.98. The van der Waals surface area contributed by atoms with Gasteiger partial charge in [-0.2, -0.15) is 0 Å². The highest BCUT2D eigenvalue weighted by atomic mass is 35.5. The van der Waals surface area contributed by atoms with Gasteiger partial charge in [0.2, 0.25) is 0 Å². The largest absolute Gasteiger partial charge is 0.381 e. The van der Waals surface area contributed by atoms with E-state index in [1.165, 1.54) is 17.7 Å². The Morgan fingerprint density at radius 2 is 2.47 bits per heavy atom. The average Bonchev–Trinajstić information content (AvgIpc) is 2.83. The van der Waals surface area contributed by atoms with E-state index in [-0.39, 0.29) is 0 Å². The molecule has 1 aromatic rings. The molecule has 0 bridgehead atoms. The van der Waals surface area contributed by atoms with E-state index in [4.69, 9.17) is 16.3 Å². The quantitative estimate of drug-likeness (QED) is 0.881. The highest BCUT2D eigenvalue weighted by Gasteiger charge is 2.23. The summed E-state index contributed by atoms with van der Waals surface area (Å²) in [5, 5.41) is 6.37. The van der Waals surface area contributed by atoms with Crippen LogP contribution in [0.4, 0.5) is 0 Å². The molecular weight excluding hydrogens is 230 g/mol. The van der Waals surface area contributed by atoms with Gasteiger partial charge >= 0.3 is 0 Å². The molecule has 0 saturated heterocycles. The molecule has 2 rings (SSSR count). The molecule has 1 aliphatic carbocycles. The molecular formula is C11H16ClNOS. The molecule has 1 aliphatic rings. The Labute approximate surface area is 99.6 Å². The third-order valence-corrected chi connectivity index (χ3v) is 4.19. The minimum atomic E-state index is 0.453. The van der Waals surface area contributed by atoms with Gasteiger partial charge in [-0.15, -0.1) is 11.3 Å². The second kappa shape index (κ2) is 5.30. The summed E-state index contributed by atoms with van der Waals surface area (Å²) in [6.45, 7) is 0.929. The fraction of sp³-hybridized carbons (Fsp3) is 0.636. The normalized spacial score (nSPS) is 26.0. The van der Waals surface area contributed by atoms with Crippen molar-refractivity contribution in [3.05, 3.63) is 21.3 Å². The van der Waals surface area contributed by atoms with Crippen LogP contribution in [0.2, 0.25) is 5.02 Å². The third kappa shape index (κ3) is 3.18. The zero-order valence-electron chi connectivity index (χ0n) is 8.83. The van der Waals surface area contributed by atoms with Crippen LogP contribution >= 0.6 is 22.9 Å². The van der Waals surface area contributed by atoms with Gasteiger partial charge in [0.25, 0.3) is 0 Å². The van der Waals surface area contributed by atoms with E-state index in [1.807, 2.05) is 11.4 Å². The molecule has 0 aromatic carbocycles. The fourth-order valence-corrected chi connectivity index (χ4v) is 3.05. The summed E-state index contributed by atoms with van der Waals surface area (Å²) in [6.07, 6.45) is 3.99. The Hall–Kier alpha value is -0.0900. The summed E-state index contributed by atoms with van der Waals surface area (Å²) in [5.41, 5.74) is 0. The number of rotatable bonds is 4. The standard InChI is InChI=1S/C11H16ClNOS/c1-14-10-3-2-9(5-10)13-6-11-4-8(12)7-15-11/h4,7,9-10,13H,2-3,5-6H2,1H3. The van der Waals surface area contributed by atoms with Crippen molar-refractivity contribution in [3.63, 3.8) is 0 Å². The SMILES string of the molecule is COC1CCC(NCc2cc(Cl)cs2)C1. The van der Waals surface area contributed by atoms with Gasteiger partial charge in [-0.3, -0.25) is 0 Å². The van der Waals surface area contributed by atoms with E-state index >= 15 is 0 Å². The van der Waals surface area contributed by atoms with Crippen LogP contribution < -0.4 is 5.32 Å². The Morgan fingerprint density at radius 3 is 3.07 bits per heavy atom. The van der Waals surface area contributed by atoms with Crippen molar-refractivity contribution in [1.29, 1.82) is 0 Å². The first-order valence-corrected chi connectivity index (χ1v) is 6.53. The lowest BCUT2D eigenvalue weighted by Gasteiger charge is -2.11. The molecule has 2 atom stereocenters. The Morgan fingerprint density at radius 1 is 1.60 bits per heavy atom. The molecule has 1 N–H and O–H groups in total. The van der Waals surface area contributed by atoms with Gasteiger partial charge in [0.15, 0.2) is 0 Å². The van der Waals surface area contributed by atoms with Crippen LogP contribution in [-0.2, 0) is 11.3 Å². The van der Waals surface area contributed by atoms with Gasteiger partial charge in [-0.25, -0.2) is 0 Å². The van der Waals surface area contributed by atoms with Gasteiger partial charge in [0.1, 0.15) is 0 Å². The molecule has 4 heteroatoms. The van der Waals surface area contributed by atoms with Gasteiger partial charge in [-0.05, 0) is 25.3 Å². The maximum atomic E-state index is 5.86. The predicted octanol–water partition coefficient (Wildman–Crippen LogP) is 3.06. The molecule has 2 nitrogen and oxygen atoms in total. The zero-order chi connectivity index (χ0) is 10.7. The van der Waals surface area contributed by atoms with Gasteiger partial charge < -0.3 is 10.1 Å². The van der Waals surface area contributed by atoms with E-state index in [0.717, 1.165) is 18.0 Å². The molecule has 0 spiro atoms. The first-order chi connectivity index (χ1) is 7.28. The number of hydrogen-bond donors (Lipinski definition) is 1. The van der Waals surface area contributed by atoms with Crippen molar-refractivity contribution in [2.24, 2.45) is 0 Å². The van der Waals surface area contributed by atoms with Gasteiger partial charge in [0, 0.05) is 30.0 Å². The van der Waals surface area contributed by atoms with E-state index < -0.39 is 0 Å². The smallest absolute Gasteiger partial charge is 0.0586 e. The number of ether oxygens (including phenoxy) is 1. The second-order valence-corrected chi connectivity index (χ2v) is 5.41. The van der Waals surface area contributed by atoms with Crippen LogP contribution in [0.15, 0.2) is 11.4 Å². The zero-order valence-corrected chi connectivity index (χ0v) is 10.4. The summed E-state index contributed by atoms with van der Waals surface area (Å²) in [6, 6.07) is 2.64. The lowest BCUT2D eigenvalue weighted by molar-refractivity contribution is 0.107. The maximum absolute atomic E-state index is 5.86. The van der Waals surface area contributed by atoms with Crippen LogP contribution in [0.5, 0.6) is 0 Å². The van der Waals surface area contributed by atoms with Crippen LogP contribution in [0.3, 0.4) is 0 Å². The molecule has 0 radical (unpaired) electrons. The number of nitrogens with one attached hydrogen (secondary N) is 1. The van der Waals surface area contributed by atoms with Crippen LogP contribution in [-0.4, -0.2) is 19.3 Å². The molecule has 1 saturated carbocycles. The highest BCUT2D eigenvalue weighted by Crippen LogP contribution is 2.23. The van der Waals surface area contributed by atoms with E-state index in [0.29, 0.717) is 12.1 Å². The van der Waals surface area contributed by atoms with Crippen molar-refractivity contribution in [3.8, 4) is 0 Å². The number of halogens is 1. The first kappa shape index (κ1) is 11.4. The molecule has 0 amide bonds. The van der Waals surface area contributed by atoms with Crippen molar-refractivity contribution >= 4 is 22.9 Å². The predicted molar refractivity (Wildman–Crippen MR) is 64.6 cm³/mol. The summed E-state index contributed by atoms with van der Waals surface area (Å²) >= 11 is 7.58. The van der Waals surface area contributed by atoms with Crippen LogP contribution in [0.25, 0.3) is 0 Å². The molecule has 0 aliphatic heterocycles. The van der Waals surface area contributed by atoms with Crippen LogP contribution in [0.1, 0.15) is 24.1 Å². The summed E-state index contributed by atoms with van der Waals surface area (Å²) in [5.74, 6) is 0. The van der Waals surface area contributed by atoms with Gasteiger partial charge in [-0.1, -0.05) is 11.6 Å². The van der Waals surface area contributed by atoms with Crippen molar-refractivity contribution < 1.29 is 4.74 Å². The lowest BCUT2D eigenvalue weighted by Crippen LogP contribution is -2.26. The van der Waals surface area contributed by atoms with Crippen molar-refractivity contribution in [2.75, 3.05) is 7.11 Å². The Bertz CT molecular complexity index is 315. The summed E-state index contributed by atoms with van der Waals surface area (Å²) in [7, 11) is 1.80. The van der Waals surface area contributed by atoms with E-state index in [2.05, 4.69) is 5.32 Å². The molecule has 84 valence electrons. The van der Waals surface area contributed by atoms with Crippen LogP contribution in [0, 0.1) is 0 Å². The van der Waals surface area contributed by atoms with E-state index in [1.54, 1.807) is 18.4 Å². The fourth-order valence-electron chi connectivity index (χ4n) is 2.03. The summed E-state index contributed by atoms with van der Waals surface area (Å²) in [4.78, 5) is 1.31. The minimum Gasteiger partial charge on any atom is -0.381 e. The topological polar surface area (TPSA) is 21.3 Å². The van der Waals surface area contributed by atoms with Crippen molar-refractivity contribution in [2.45, 2.75) is 38.0 Å². The highest BCUT2D eigenvalue weighted by molar-refractivity contribution is 7.10. The monoisotopic (exact) mass is 245 g/mol. The third-order valence-electron chi connectivity index (χ3n) is 2.90. The summed E-state index contributed by atoms with van der Waals surface area (Å²) < 4.78 is 5.34. The molecule has 15 heavy (non-hydrogen) atoms. The Balaban J connectivity index is 1.75. The average molecular weight is 246 g/mol. The first-order valence-electron chi connectivity index (χ1n) is 5.27. The molecule has 1 heterocycles. The Kier molecular flexibility index (Phi) is 4.03. The van der Waals surface area contributed by atoms with E-state index in [9.17, 15) is 0 Å². The number of hydrogen-bond acceptors (Lipinski definition) is 3. The van der Waals surface area contributed by atoms with Crippen molar-refractivity contribution in [1.82, 2.24) is 5.32 Å². The van der Waals surface area contributed by atoms with Gasteiger partial charge in [0.05, 0.1) is 11.1 Å². The number of methoxy groups -OCH3 is 1. The minimum absolute atomic E-state index is 0.453. The lowest BCUT2D eigenvalue weighted by atomic mass is 10.2. The maximum Gasteiger partial charge on any atom is 0.0586 e. The number of thiophene rings is 1. The molecule has 1 aromatic heterocycles. The molecule has 2 unspecified atom stereocenters.